The number of urea groups is 1. The van der Waals surface area contributed by atoms with E-state index < -0.39 is 11.4 Å². The Kier molecular flexibility index (Phi) is 3.91. The number of hydrogen-bond acceptors (Lipinski definition) is 2. The van der Waals surface area contributed by atoms with Crippen molar-refractivity contribution in [1.82, 2.24) is 5.32 Å². The van der Waals surface area contributed by atoms with Crippen LogP contribution in [-0.2, 0) is 4.79 Å². The molecule has 0 saturated carbocycles. The van der Waals surface area contributed by atoms with E-state index in [-0.39, 0.29) is 18.2 Å². The van der Waals surface area contributed by atoms with Gasteiger partial charge in [0.2, 0.25) is 0 Å². The molecule has 13 heavy (non-hydrogen) atoms. The van der Waals surface area contributed by atoms with Gasteiger partial charge < -0.3 is 11.1 Å². The van der Waals surface area contributed by atoms with E-state index in [0.29, 0.717) is 0 Å². The van der Waals surface area contributed by atoms with E-state index >= 15 is 0 Å². The summed E-state index contributed by atoms with van der Waals surface area (Å²) in [4.78, 5) is 21.9. The third kappa shape index (κ3) is 3.44. The van der Waals surface area contributed by atoms with Gasteiger partial charge in [-0.1, -0.05) is 27.7 Å². The molecule has 0 atom stereocenters. The van der Waals surface area contributed by atoms with Crippen LogP contribution < -0.4 is 11.1 Å². The van der Waals surface area contributed by atoms with Gasteiger partial charge in [-0.05, 0) is 5.92 Å². The minimum Gasteiger partial charge on any atom is -0.352 e. The molecule has 0 unspecified atom stereocenters. The normalized spacial score (nSPS) is 11.5. The first-order chi connectivity index (χ1) is 5.78. The Morgan fingerprint density at radius 1 is 1.38 bits per heavy atom. The standard InChI is InChI=1S/C9H18N2O2/c1-6(2)9(3,4)7(12)5-11-8(10)13/h6H,5H2,1-4H3,(H3,10,11,13). The van der Waals surface area contributed by atoms with Gasteiger partial charge in [0.25, 0.3) is 0 Å². The lowest BCUT2D eigenvalue weighted by atomic mass is 9.77. The number of nitrogens with two attached hydrogens (primary N) is 1. The molecule has 0 bridgehead atoms. The Bertz CT molecular complexity index is 210. The van der Waals surface area contributed by atoms with E-state index in [1.54, 1.807) is 0 Å². The van der Waals surface area contributed by atoms with Crippen LogP contribution in [0.1, 0.15) is 27.7 Å². The SMILES string of the molecule is CC(C)C(C)(C)C(=O)CNC(N)=O. The Hall–Kier alpha value is -1.06. The van der Waals surface area contributed by atoms with Gasteiger partial charge in [-0.15, -0.1) is 0 Å². The van der Waals surface area contributed by atoms with Gasteiger partial charge in [0, 0.05) is 5.41 Å². The van der Waals surface area contributed by atoms with Crippen molar-refractivity contribution in [2.75, 3.05) is 6.54 Å². The molecular weight excluding hydrogens is 168 g/mol. The second-order valence-electron chi connectivity index (χ2n) is 4.02. The number of ketones is 1. The Morgan fingerprint density at radius 3 is 2.15 bits per heavy atom. The second kappa shape index (κ2) is 4.25. The Morgan fingerprint density at radius 2 is 1.85 bits per heavy atom. The lowest BCUT2D eigenvalue weighted by Gasteiger charge is -2.27. The van der Waals surface area contributed by atoms with Crippen molar-refractivity contribution in [2.45, 2.75) is 27.7 Å². The molecule has 0 rings (SSSR count). The van der Waals surface area contributed by atoms with E-state index in [2.05, 4.69) is 5.32 Å². The molecule has 0 aromatic heterocycles. The molecule has 0 aliphatic carbocycles. The summed E-state index contributed by atoms with van der Waals surface area (Å²) in [6.07, 6.45) is 0. The third-order valence-corrected chi connectivity index (χ3v) is 2.59. The van der Waals surface area contributed by atoms with Crippen LogP contribution in [0.15, 0.2) is 0 Å². The van der Waals surface area contributed by atoms with Crippen LogP contribution in [-0.4, -0.2) is 18.4 Å². The van der Waals surface area contributed by atoms with Crippen LogP contribution in [0.3, 0.4) is 0 Å². The molecule has 0 aliphatic rings. The zero-order valence-electron chi connectivity index (χ0n) is 8.68. The van der Waals surface area contributed by atoms with Crippen LogP contribution in [0.25, 0.3) is 0 Å². The molecular formula is C9H18N2O2. The largest absolute Gasteiger partial charge is 0.352 e. The van der Waals surface area contributed by atoms with Gasteiger partial charge in [-0.3, -0.25) is 4.79 Å². The van der Waals surface area contributed by atoms with Crippen molar-refractivity contribution in [3.05, 3.63) is 0 Å². The molecule has 0 aliphatic heterocycles. The molecule has 4 heteroatoms. The van der Waals surface area contributed by atoms with E-state index in [1.165, 1.54) is 0 Å². The summed E-state index contributed by atoms with van der Waals surface area (Å²) in [5.41, 5.74) is 4.44. The molecule has 0 aromatic rings. The van der Waals surface area contributed by atoms with E-state index in [1.807, 2.05) is 27.7 Å². The first-order valence-corrected chi connectivity index (χ1v) is 4.35. The highest BCUT2D eigenvalue weighted by molar-refractivity contribution is 5.89. The Labute approximate surface area is 78.9 Å². The molecule has 3 N–H and O–H groups in total. The van der Waals surface area contributed by atoms with Gasteiger partial charge >= 0.3 is 6.03 Å². The minimum atomic E-state index is -0.659. The lowest BCUT2D eigenvalue weighted by Crippen LogP contribution is -2.41. The maximum Gasteiger partial charge on any atom is 0.312 e. The fourth-order valence-corrected chi connectivity index (χ4v) is 0.717. The quantitative estimate of drug-likeness (QED) is 0.684. The van der Waals surface area contributed by atoms with Gasteiger partial charge in [-0.25, -0.2) is 4.79 Å². The highest BCUT2D eigenvalue weighted by Crippen LogP contribution is 2.26. The number of amides is 2. The predicted octanol–water partition coefficient (Wildman–Crippen LogP) is 0.906. The smallest absolute Gasteiger partial charge is 0.312 e. The van der Waals surface area contributed by atoms with E-state index in [4.69, 9.17) is 5.73 Å². The molecule has 0 fully saturated rings. The summed E-state index contributed by atoms with van der Waals surface area (Å²) in [6, 6.07) is -0.659. The topological polar surface area (TPSA) is 72.2 Å². The molecule has 2 amide bonds. The van der Waals surface area contributed by atoms with E-state index in [0.717, 1.165) is 0 Å². The number of nitrogens with one attached hydrogen (secondary N) is 1. The van der Waals surface area contributed by atoms with Crippen LogP contribution in [0.5, 0.6) is 0 Å². The minimum absolute atomic E-state index is 0.00120. The average molecular weight is 186 g/mol. The molecule has 0 radical (unpaired) electrons. The number of rotatable bonds is 4. The van der Waals surface area contributed by atoms with Crippen LogP contribution in [0.2, 0.25) is 0 Å². The van der Waals surface area contributed by atoms with Gasteiger partial charge in [-0.2, -0.15) is 0 Å². The van der Waals surface area contributed by atoms with Crippen LogP contribution in [0.4, 0.5) is 4.79 Å². The Balaban J connectivity index is 4.18. The number of primary amides is 1. The van der Waals surface area contributed by atoms with Crippen molar-refractivity contribution in [1.29, 1.82) is 0 Å². The summed E-state index contributed by atoms with van der Waals surface area (Å²) in [5.74, 6) is 0.246. The summed E-state index contributed by atoms with van der Waals surface area (Å²) in [6.45, 7) is 7.69. The van der Waals surface area contributed by atoms with Crippen molar-refractivity contribution in [2.24, 2.45) is 17.1 Å². The van der Waals surface area contributed by atoms with Crippen molar-refractivity contribution < 1.29 is 9.59 Å². The predicted molar refractivity (Wildman–Crippen MR) is 51.2 cm³/mol. The summed E-state index contributed by atoms with van der Waals surface area (Å²) >= 11 is 0. The van der Waals surface area contributed by atoms with Gasteiger partial charge in [0.15, 0.2) is 5.78 Å². The van der Waals surface area contributed by atoms with Crippen molar-refractivity contribution in [3.8, 4) is 0 Å². The molecule has 0 spiro atoms. The number of carbonyl (C=O) groups excluding carboxylic acids is 2. The van der Waals surface area contributed by atoms with Crippen molar-refractivity contribution >= 4 is 11.8 Å². The first-order valence-electron chi connectivity index (χ1n) is 4.35. The molecule has 4 nitrogen and oxygen atoms in total. The van der Waals surface area contributed by atoms with Gasteiger partial charge in [0.1, 0.15) is 0 Å². The highest BCUT2D eigenvalue weighted by Gasteiger charge is 2.30. The molecule has 0 aromatic carbocycles. The first kappa shape index (κ1) is 11.9. The van der Waals surface area contributed by atoms with Crippen LogP contribution >= 0.6 is 0 Å². The average Bonchev–Trinajstić information content (AvgIpc) is 1.99. The lowest BCUT2D eigenvalue weighted by molar-refractivity contribution is -0.128. The fourth-order valence-electron chi connectivity index (χ4n) is 0.717. The summed E-state index contributed by atoms with van der Waals surface area (Å²) in [7, 11) is 0. The zero-order valence-corrected chi connectivity index (χ0v) is 8.68. The maximum atomic E-state index is 11.5. The number of hydrogen-bond donors (Lipinski definition) is 2. The molecule has 0 heterocycles. The number of Topliss-reactive ketones (excluding diaryl/α,β-unsaturated/α-hetero) is 1. The molecule has 76 valence electrons. The fraction of sp³-hybridized carbons (Fsp3) is 0.778. The summed E-state index contributed by atoms with van der Waals surface area (Å²) in [5, 5.41) is 2.30. The second-order valence-corrected chi connectivity index (χ2v) is 4.02. The van der Waals surface area contributed by atoms with Gasteiger partial charge in [0.05, 0.1) is 6.54 Å². The van der Waals surface area contributed by atoms with Crippen LogP contribution in [0, 0.1) is 11.3 Å². The highest BCUT2D eigenvalue weighted by atomic mass is 16.2. The number of carbonyl (C=O) groups is 2. The molecule has 0 saturated heterocycles. The third-order valence-electron chi connectivity index (χ3n) is 2.59. The maximum absolute atomic E-state index is 11.5. The van der Waals surface area contributed by atoms with Crippen molar-refractivity contribution in [3.63, 3.8) is 0 Å². The summed E-state index contributed by atoms with van der Waals surface area (Å²) < 4.78 is 0. The monoisotopic (exact) mass is 186 g/mol. The van der Waals surface area contributed by atoms with E-state index in [9.17, 15) is 9.59 Å². The zero-order chi connectivity index (χ0) is 10.6.